The molecule has 0 heterocycles. The summed E-state index contributed by atoms with van der Waals surface area (Å²) in [5.41, 5.74) is 0. The first-order valence-corrected chi connectivity index (χ1v) is 5.06. The average molecular weight is 258 g/mol. The van der Waals surface area contributed by atoms with Crippen LogP contribution in [0.25, 0.3) is 0 Å². The van der Waals surface area contributed by atoms with Crippen LogP contribution in [-0.2, 0) is 26.7 Å². The quantitative estimate of drug-likeness (QED) is 0.491. The summed E-state index contributed by atoms with van der Waals surface area (Å²) in [5, 5.41) is 16.7. The summed E-state index contributed by atoms with van der Waals surface area (Å²) >= 11 is 0. The Hall–Kier alpha value is -0.541. The third kappa shape index (κ3) is 16.2. The van der Waals surface area contributed by atoms with E-state index in [0.29, 0.717) is 0 Å². The third-order valence-corrected chi connectivity index (χ3v) is 2.03. The topological polar surface area (TPSA) is 74.6 Å². The number of rotatable bonds is 9. The molecule has 2 N–H and O–H groups in total. The Kier molecular flexibility index (Phi) is 13.0. The number of carboxylic acids is 2. The van der Waals surface area contributed by atoms with Crippen molar-refractivity contribution < 1.29 is 36.9 Å². The van der Waals surface area contributed by atoms with Crippen LogP contribution in [0, 0.1) is 0 Å². The molecule has 0 aliphatic heterocycles. The van der Waals surface area contributed by atoms with E-state index >= 15 is 0 Å². The molecule has 0 spiro atoms. The van der Waals surface area contributed by atoms with E-state index in [9.17, 15) is 9.59 Å². The SMILES string of the molecule is O=C(O)CCCCCCCCC(=O)O.[Fe]. The molecule has 0 unspecified atom stereocenters. The second-order valence-electron chi connectivity index (χ2n) is 3.41. The zero-order valence-electron chi connectivity index (χ0n) is 8.72. The summed E-state index contributed by atoms with van der Waals surface area (Å²) in [5.74, 6) is -1.48. The standard InChI is InChI=1S/C10H18O4.Fe/c11-9(12)7-5-3-1-2-4-6-8-10(13)14;/h1-8H2,(H,11,12)(H,13,14);. The predicted molar refractivity (Wildman–Crippen MR) is 52.2 cm³/mol. The average Bonchev–Trinajstić information content (AvgIpc) is 2.08. The van der Waals surface area contributed by atoms with Crippen LogP contribution in [0.5, 0.6) is 0 Å². The van der Waals surface area contributed by atoms with Gasteiger partial charge in [-0.3, -0.25) is 9.59 Å². The fourth-order valence-corrected chi connectivity index (χ4v) is 1.26. The van der Waals surface area contributed by atoms with Gasteiger partial charge in [0.25, 0.3) is 0 Å². The molecule has 0 aromatic carbocycles. The Morgan fingerprint density at radius 2 is 0.933 bits per heavy atom. The molecule has 0 saturated carbocycles. The molecule has 0 aliphatic rings. The van der Waals surface area contributed by atoms with Crippen LogP contribution < -0.4 is 0 Å². The molecule has 0 saturated heterocycles. The normalized spacial score (nSPS) is 9.33. The number of carbonyl (C=O) groups is 2. The second-order valence-corrected chi connectivity index (χ2v) is 3.41. The van der Waals surface area contributed by atoms with Gasteiger partial charge in [-0.05, 0) is 12.8 Å². The Morgan fingerprint density at radius 1 is 0.667 bits per heavy atom. The van der Waals surface area contributed by atoms with Crippen molar-refractivity contribution in [1.82, 2.24) is 0 Å². The van der Waals surface area contributed by atoms with Gasteiger partial charge in [0.1, 0.15) is 0 Å². The van der Waals surface area contributed by atoms with Gasteiger partial charge < -0.3 is 10.2 Å². The van der Waals surface area contributed by atoms with Gasteiger partial charge in [0.15, 0.2) is 0 Å². The molecule has 0 aromatic rings. The maximum absolute atomic E-state index is 10.1. The first-order valence-electron chi connectivity index (χ1n) is 5.06. The summed E-state index contributed by atoms with van der Waals surface area (Å²) in [7, 11) is 0. The minimum absolute atomic E-state index is 0. The monoisotopic (exact) mass is 258 g/mol. The molecule has 0 radical (unpaired) electrons. The van der Waals surface area contributed by atoms with Crippen molar-refractivity contribution in [2.24, 2.45) is 0 Å². The van der Waals surface area contributed by atoms with Crippen LogP contribution in [-0.4, -0.2) is 22.2 Å². The molecule has 0 atom stereocenters. The fraction of sp³-hybridized carbons (Fsp3) is 0.800. The smallest absolute Gasteiger partial charge is 0.303 e. The Labute approximate surface area is 101 Å². The molecule has 5 heteroatoms. The maximum Gasteiger partial charge on any atom is 0.303 e. The van der Waals surface area contributed by atoms with Gasteiger partial charge in [-0.2, -0.15) is 0 Å². The maximum atomic E-state index is 10.1. The van der Waals surface area contributed by atoms with Crippen LogP contribution in [0.3, 0.4) is 0 Å². The molecule has 0 aliphatic carbocycles. The van der Waals surface area contributed by atoms with Gasteiger partial charge in [0.05, 0.1) is 0 Å². The third-order valence-electron chi connectivity index (χ3n) is 2.03. The fourth-order valence-electron chi connectivity index (χ4n) is 1.26. The van der Waals surface area contributed by atoms with Gasteiger partial charge in [-0.25, -0.2) is 0 Å². The first-order chi connectivity index (χ1) is 6.63. The molecule has 15 heavy (non-hydrogen) atoms. The van der Waals surface area contributed by atoms with E-state index in [2.05, 4.69) is 0 Å². The molecule has 90 valence electrons. The molecule has 0 bridgehead atoms. The summed E-state index contributed by atoms with van der Waals surface area (Å²) in [6.07, 6.45) is 5.82. The van der Waals surface area contributed by atoms with Crippen molar-refractivity contribution in [3.8, 4) is 0 Å². The second kappa shape index (κ2) is 11.5. The molecular weight excluding hydrogens is 240 g/mol. The molecular formula is C10H18FeO4. The minimum atomic E-state index is -0.740. The van der Waals surface area contributed by atoms with E-state index in [1.807, 2.05) is 0 Å². The number of carboxylic acid groups (broad SMARTS) is 2. The molecule has 4 nitrogen and oxygen atoms in total. The van der Waals surface area contributed by atoms with Crippen molar-refractivity contribution in [3.63, 3.8) is 0 Å². The van der Waals surface area contributed by atoms with Gasteiger partial charge in [0, 0.05) is 29.9 Å². The summed E-state index contributed by atoms with van der Waals surface area (Å²) in [6, 6.07) is 0. The summed E-state index contributed by atoms with van der Waals surface area (Å²) < 4.78 is 0. The van der Waals surface area contributed by atoms with Crippen molar-refractivity contribution in [3.05, 3.63) is 0 Å². The number of hydrogen-bond acceptors (Lipinski definition) is 2. The number of unbranched alkanes of at least 4 members (excludes halogenated alkanes) is 5. The zero-order chi connectivity index (χ0) is 10.8. The molecule has 0 aromatic heterocycles. The first kappa shape index (κ1) is 16.9. The summed E-state index contributed by atoms with van der Waals surface area (Å²) in [6.45, 7) is 0. The predicted octanol–water partition coefficient (Wildman–Crippen LogP) is 2.27. The molecule has 0 fully saturated rings. The Balaban J connectivity index is 0. The van der Waals surface area contributed by atoms with Crippen LogP contribution in [0.1, 0.15) is 51.4 Å². The van der Waals surface area contributed by atoms with Crippen molar-refractivity contribution >= 4 is 11.9 Å². The van der Waals surface area contributed by atoms with E-state index in [1.54, 1.807) is 0 Å². The van der Waals surface area contributed by atoms with E-state index < -0.39 is 11.9 Å². The zero-order valence-corrected chi connectivity index (χ0v) is 9.83. The largest absolute Gasteiger partial charge is 0.481 e. The Morgan fingerprint density at radius 3 is 1.20 bits per heavy atom. The van der Waals surface area contributed by atoms with Crippen molar-refractivity contribution in [2.75, 3.05) is 0 Å². The van der Waals surface area contributed by atoms with Crippen LogP contribution in [0.15, 0.2) is 0 Å². The van der Waals surface area contributed by atoms with Crippen molar-refractivity contribution in [2.45, 2.75) is 51.4 Å². The molecule has 0 amide bonds. The van der Waals surface area contributed by atoms with Gasteiger partial charge in [-0.15, -0.1) is 0 Å². The minimum Gasteiger partial charge on any atom is -0.481 e. The van der Waals surface area contributed by atoms with Gasteiger partial charge in [-0.1, -0.05) is 25.7 Å². The van der Waals surface area contributed by atoms with E-state index in [4.69, 9.17) is 10.2 Å². The van der Waals surface area contributed by atoms with Crippen molar-refractivity contribution in [1.29, 1.82) is 0 Å². The van der Waals surface area contributed by atoms with Crippen LogP contribution in [0.4, 0.5) is 0 Å². The Bertz CT molecular complexity index is 162. The number of aliphatic carboxylic acids is 2. The van der Waals surface area contributed by atoms with Crippen LogP contribution >= 0.6 is 0 Å². The van der Waals surface area contributed by atoms with Gasteiger partial charge in [0.2, 0.25) is 0 Å². The summed E-state index contributed by atoms with van der Waals surface area (Å²) in [4.78, 5) is 20.3. The van der Waals surface area contributed by atoms with Gasteiger partial charge >= 0.3 is 11.9 Å². The van der Waals surface area contributed by atoms with E-state index in [-0.39, 0.29) is 29.9 Å². The molecule has 0 rings (SSSR count). The van der Waals surface area contributed by atoms with E-state index in [0.717, 1.165) is 38.5 Å². The van der Waals surface area contributed by atoms with Crippen LogP contribution in [0.2, 0.25) is 0 Å². The number of hydrogen-bond donors (Lipinski definition) is 2. The van der Waals surface area contributed by atoms with E-state index in [1.165, 1.54) is 0 Å².